The third-order valence-electron chi connectivity index (χ3n) is 2.21. The van der Waals surface area contributed by atoms with Crippen molar-refractivity contribution < 1.29 is 9.15 Å². The molecule has 0 fully saturated rings. The highest BCUT2D eigenvalue weighted by Gasteiger charge is 2.05. The quantitative estimate of drug-likeness (QED) is 0.775. The fourth-order valence-corrected chi connectivity index (χ4v) is 1.57. The van der Waals surface area contributed by atoms with Gasteiger partial charge < -0.3 is 20.6 Å². The van der Waals surface area contributed by atoms with E-state index in [1.165, 1.54) is 0 Å². The van der Waals surface area contributed by atoms with E-state index in [1.54, 1.807) is 13.2 Å². The Kier molecular flexibility index (Phi) is 2.83. The van der Waals surface area contributed by atoms with Gasteiger partial charge in [-0.15, -0.1) is 0 Å². The summed E-state index contributed by atoms with van der Waals surface area (Å²) >= 11 is 0. The molecule has 16 heavy (non-hydrogen) atoms. The van der Waals surface area contributed by atoms with Crippen molar-refractivity contribution in [2.24, 2.45) is 0 Å². The summed E-state index contributed by atoms with van der Waals surface area (Å²) in [6.07, 6.45) is 0. The highest BCUT2D eigenvalue weighted by molar-refractivity contribution is 5.69. The summed E-state index contributed by atoms with van der Waals surface area (Å²) in [4.78, 5) is 0. The van der Waals surface area contributed by atoms with Crippen molar-refractivity contribution in [1.82, 2.24) is 0 Å². The first-order valence-corrected chi connectivity index (χ1v) is 4.93. The molecular formula is C12H14N2O2. The predicted octanol–water partition coefficient (Wildman–Crippen LogP) is 2.26. The normalized spacial score (nSPS) is 10.6. The smallest absolute Gasteiger partial charge is 0.134 e. The van der Waals surface area contributed by atoms with E-state index in [1.807, 2.05) is 24.3 Å². The maximum Gasteiger partial charge on any atom is 0.134 e. The lowest BCUT2D eigenvalue weighted by atomic mass is 10.1. The van der Waals surface area contributed by atoms with Crippen LogP contribution in [0.25, 0.3) is 11.3 Å². The molecule has 2 rings (SSSR count). The van der Waals surface area contributed by atoms with Gasteiger partial charge in [-0.3, -0.25) is 0 Å². The van der Waals surface area contributed by atoms with Crippen molar-refractivity contribution in [2.45, 2.75) is 6.61 Å². The van der Waals surface area contributed by atoms with E-state index in [4.69, 9.17) is 20.6 Å². The number of anilines is 2. The SMILES string of the molecule is COCc1ccc(-c2cc(N)cc(N)c2)o1. The van der Waals surface area contributed by atoms with Crippen molar-refractivity contribution in [2.75, 3.05) is 18.6 Å². The van der Waals surface area contributed by atoms with E-state index in [0.717, 1.165) is 17.1 Å². The Balaban J connectivity index is 2.34. The Morgan fingerprint density at radius 3 is 2.44 bits per heavy atom. The van der Waals surface area contributed by atoms with Gasteiger partial charge in [-0.2, -0.15) is 0 Å². The molecule has 0 bridgehead atoms. The molecule has 4 N–H and O–H groups in total. The molecule has 1 heterocycles. The van der Waals surface area contributed by atoms with Crippen LogP contribution in [0, 0.1) is 0 Å². The van der Waals surface area contributed by atoms with Crippen LogP contribution in [-0.4, -0.2) is 7.11 Å². The molecule has 0 spiro atoms. The second-order valence-corrected chi connectivity index (χ2v) is 3.59. The number of hydrogen-bond donors (Lipinski definition) is 2. The molecule has 0 aliphatic heterocycles. The van der Waals surface area contributed by atoms with Gasteiger partial charge in [-0.25, -0.2) is 0 Å². The van der Waals surface area contributed by atoms with Crippen molar-refractivity contribution in [3.8, 4) is 11.3 Å². The second-order valence-electron chi connectivity index (χ2n) is 3.59. The Hall–Kier alpha value is -1.94. The van der Waals surface area contributed by atoms with E-state index >= 15 is 0 Å². The van der Waals surface area contributed by atoms with Crippen molar-refractivity contribution >= 4 is 11.4 Å². The second kappa shape index (κ2) is 4.28. The van der Waals surface area contributed by atoms with Crippen LogP contribution >= 0.6 is 0 Å². The molecule has 0 aliphatic carbocycles. The molecule has 4 nitrogen and oxygen atoms in total. The van der Waals surface area contributed by atoms with Crippen molar-refractivity contribution in [3.05, 3.63) is 36.1 Å². The van der Waals surface area contributed by atoms with Gasteiger partial charge in [0, 0.05) is 24.0 Å². The van der Waals surface area contributed by atoms with E-state index < -0.39 is 0 Å². The molecule has 84 valence electrons. The molecule has 0 radical (unpaired) electrons. The lowest BCUT2D eigenvalue weighted by Crippen LogP contribution is -1.90. The van der Waals surface area contributed by atoms with Crippen LogP contribution in [-0.2, 0) is 11.3 Å². The topological polar surface area (TPSA) is 74.4 Å². The monoisotopic (exact) mass is 218 g/mol. The van der Waals surface area contributed by atoms with Crippen LogP contribution in [0.3, 0.4) is 0 Å². The molecule has 0 unspecified atom stereocenters. The molecular weight excluding hydrogens is 204 g/mol. The highest BCUT2D eigenvalue weighted by atomic mass is 16.5. The first-order valence-electron chi connectivity index (χ1n) is 4.93. The molecule has 0 aliphatic rings. The van der Waals surface area contributed by atoms with Crippen LogP contribution in [0.5, 0.6) is 0 Å². The largest absolute Gasteiger partial charge is 0.459 e. The third kappa shape index (κ3) is 2.17. The number of furan rings is 1. The average Bonchev–Trinajstić information content (AvgIpc) is 2.65. The Morgan fingerprint density at radius 2 is 1.81 bits per heavy atom. The average molecular weight is 218 g/mol. The lowest BCUT2D eigenvalue weighted by molar-refractivity contribution is 0.165. The Morgan fingerprint density at radius 1 is 1.12 bits per heavy atom. The Labute approximate surface area is 93.8 Å². The van der Waals surface area contributed by atoms with Crippen LogP contribution in [0.4, 0.5) is 11.4 Å². The van der Waals surface area contributed by atoms with Gasteiger partial charge >= 0.3 is 0 Å². The fraction of sp³-hybridized carbons (Fsp3) is 0.167. The zero-order valence-corrected chi connectivity index (χ0v) is 9.07. The summed E-state index contributed by atoms with van der Waals surface area (Å²) in [6, 6.07) is 9.11. The van der Waals surface area contributed by atoms with Gasteiger partial charge in [0.1, 0.15) is 18.1 Å². The Bertz CT molecular complexity index is 471. The summed E-state index contributed by atoms with van der Waals surface area (Å²) in [5, 5.41) is 0. The van der Waals surface area contributed by atoms with Gasteiger partial charge in [0.25, 0.3) is 0 Å². The van der Waals surface area contributed by atoms with Crippen LogP contribution in [0.1, 0.15) is 5.76 Å². The molecule has 1 aromatic carbocycles. The number of hydrogen-bond acceptors (Lipinski definition) is 4. The number of nitrogen functional groups attached to an aromatic ring is 2. The molecule has 4 heteroatoms. The van der Waals surface area contributed by atoms with E-state index in [0.29, 0.717) is 18.0 Å². The molecule has 0 saturated carbocycles. The minimum Gasteiger partial charge on any atom is -0.459 e. The maximum absolute atomic E-state index is 5.72. The van der Waals surface area contributed by atoms with E-state index in [9.17, 15) is 0 Å². The van der Waals surface area contributed by atoms with Gasteiger partial charge in [0.15, 0.2) is 0 Å². The maximum atomic E-state index is 5.72. The molecule has 0 amide bonds. The van der Waals surface area contributed by atoms with Gasteiger partial charge in [0.2, 0.25) is 0 Å². The summed E-state index contributed by atoms with van der Waals surface area (Å²) < 4.78 is 10.6. The van der Waals surface area contributed by atoms with Crippen molar-refractivity contribution in [3.63, 3.8) is 0 Å². The van der Waals surface area contributed by atoms with E-state index in [-0.39, 0.29) is 0 Å². The third-order valence-corrected chi connectivity index (χ3v) is 2.21. The van der Waals surface area contributed by atoms with Crippen LogP contribution in [0.2, 0.25) is 0 Å². The lowest BCUT2D eigenvalue weighted by Gasteiger charge is -2.01. The summed E-state index contributed by atoms with van der Waals surface area (Å²) in [6.45, 7) is 0.456. The number of benzene rings is 1. The zero-order chi connectivity index (χ0) is 11.5. The molecule has 2 aromatic rings. The zero-order valence-electron chi connectivity index (χ0n) is 9.07. The van der Waals surface area contributed by atoms with Gasteiger partial charge in [-0.1, -0.05) is 0 Å². The van der Waals surface area contributed by atoms with E-state index in [2.05, 4.69) is 0 Å². The van der Waals surface area contributed by atoms with Crippen LogP contribution < -0.4 is 11.5 Å². The first-order chi connectivity index (χ1) is 7.69. The van der Waals surface area contributed by atoms with Crippen molar-refractivity contribution in [1.29, 1.82) is 0 Å². The van der Waals surface area contributed by atoms with Gasteiger partial charge in [-0.05, 0) is 30.3 Å². The summed E-state index contributed by atoms with van der Waals surface area (Å²) in [5.41, 5.74) is 13.6. The number of methoxy groups -OCH3 is 1. The minimum atomic E-state index is 0.456. The van der Waals surface area contributed by atoms with Gasteiger partial charge in [0.05, 0.1) is 0 Å². The fourth-order valence-electron chi connectivity index (χ4n) is 1.57. The standard InChI is InChI=1S/C12H14N2O2/c1-15-7-11-2-3-12(16-11)8-4-9(13)6-10(14)5-8/h2-6H,7,13-14H2,1H3. The number of nitrogens with two attached hydrogens (primary N) is 2. The molecule has 0 atom stereocenters. The highest BCUT2D eigenvalue weighted by Crippen LogP contribution is 2.26. The minimum absolute atomic E-state index is 0.456. The van der Waals surface area contributed by atoms with Crippen LogP contribution in [0.15, 0.2) is 34.7 Å². The first kappa shape index (κ1) is 10.6. The molecule has 1 aromatic heterocycles. The summed E-state index contributed by atoms with van der Waals surface area (Å²) in [5.74, 6) is 1.52. The number of ether oxygens (including phenoxy) is 1. The predicted molar refractivity (Wildman–Crippen MR) is 63.7 cm³/mol. The summed E-state index contributed by atoms with van der Waals surface area (Å²) in [7, 11) is 1.63. The number of rotatable bonds is 3. The molecule has 0 saturated heterocycles.